The van der Waals surface area contributed by atoms with Crippen LogP contribution in [0.2, 0.25) is 0 Å². The summed E-state index contributed by atoms with van der Waals surface area (Å²) in [4.78, 5) is 11.1. The molecule has 0 aromatic carbocycles. The average molecular weight is 234 g/mol. The molecule has 1 aliphatic rings. The second-order valence-corrected chi connectivity index (χ2v) is 4.91. The van der Waals surface area contributed by atoms with Crippen molar-refractivity contribution in [3.63, 3.8) is 0 Å². The first kappa shape index (κ1) is 12.3. The van der Waals surface area contributed by atoms with E-state index in [0.29, 0.717) is 6.04 Å². The topological polar surface area (TPSA) is 41.1 Å². The van der Waals surface area contributed by atoms with Gasteiger partial charge in [0.2, 0.25) is 5.95 Å². The quantitative estimate of drug-likeness (QED) is 0.866. The molecule has 1 aromatic heterocycles. The Morgan fingerprint density at radius 2 is 1.88 bits per heavy atom. The molecule has 0 saturated carbocycles. The molecule has 1 aliphatic heterocycles. The molecule has 2 rings (SSSR count). The molecule has 0 spiro atoms. The van der Waals surface area contributed by atoms with Gasteiger partial charge in [-0.3, -0.25) is 4.90 Å². The molecule has 1 fully saturated rings. The Kier molecular flexibility index (Phi) is 4.31. The molecule has 17 heavy (non-hydrogen) atoms. The van der Waals surface area contributed by atoms with E-state index in [-0.39, 0.29) is 0 Å². The van der Waals surface area contributed by atoms with Crippen LogP contribution in [0.15, 0.2) is 12.4 Å². The lowest BCUT2D eigenvalue weighted by atomic mass is 10.1. The summed E-state index contributed by atoms with van der Waals surface area (Å²) in [6.07, 6.45) is 7.76. The lowest BCUT2D eigenvalue weighted by Crippen LogP contribution is -2.41. The Morgan fingerprint density at radius 1 is 1.24 bits per heavy atom. The number of piperidine rings is 1. The van der Waals surface area contributed by atoms with Gasteiger partial charge in [0.1, 0.15) is 0 Å². The molecule has 0 aliphatic carbocycles. The predicted octanol–water partition coefficient (Wildman–Crippen LogP) is 2.07. The van der Waals surface area contributed by atoms with E-state index in [1.165, 1.54) is 32.4 Å². The van der Waals surface area contributed by atoms with Crippen molar-refractivity contribution in [1.82, 2.24) is 14.9 Å². The second kappa shape index (κ2) is 5.96. The summed E-state index contributed by atoms with van der Waals surface area (Å²) in [6, 6.07) is 0.556. The Bertz CT molecular complexity index is 330. The summed E-state index contributed by atoms with van der Waals surface area (Å²) < 4.78 is 0. The molecule has 2 heterocycles. The van der Waals surface area contributed by atoms with Crippen LogP contribution in [0.25, 0.3) is 0 Å². The van der Waals surface area contributed by atoms with Gasteiger partial charge in [-0.15, -0.1) is 0 Å². The van der Waals surface area contributed by atoms with Crippen LogP contribution in [-0.2, 0) is 0 Å². The molecule has 94 valence electrons. The van der Waals surface area contributed by atoms with E-state index in [1.807, 2.05) is 19.3 Å². The van der Waals surface area contributed by atoms with Crippen LogP contribution in [0.1, 0.15) is 31.7 Å². The maximum absolute atomic E-state index is 4.25. The highest BCUT2D eigenvalue weighted by Crippen LogP contribution is 2.12. The van der Waals surface area contributed by atoms with Gasteiger partial charge in [-0.25, -0.2) is 9.97 Å². The zero-order chi connectivity index (χ0) is 12.1. The van der Waals surface area contributed by atoms with Crippen LogP contribution in [0.4, 0.5) is 5.95 Å². The molecule has 0 amide bonds. The van der Waals surface area contributed by atoms with E-state index in [2.05, 4.69) is 27.1 Å². The Labute approximate surface area is 103 Å². The molecule has 0 bridgehead atoms. The van der Waals surface area contributed by atoms with Gasteiger partial charge in [-0.2, -0.15) is 0 Å². The third-order valence-corrected chi connectivity index (χ3v) is 3.35. The molecular weight excluding hydrogens is 212 g/mol. The molecule has 4 nitrogen and oxygen atoms in total. The minimum atomic E-state index is 0.556. The van der Waals surface area contributed by atoms with E-state index < -0.39 is 0 Å². The van der Waals surface area contributed by atoms with E-state index >= 15 is 0 Å². The largest absolute Gasteiger partial charge is 0.353 e. The van der Waals surface area contributed by atoms with E-state index in [0.717, 1.165) is 18.1 Å². The maximum Gasteiger partial charge on any atom is 0.222 e. The summed E-state index contributed by atoms with van der Waals surface area (Å²) in [5, 5.41) is 3.31. The minimum Gasteiger partial charge on any atom is -0.353 e. The summed E-state index contributed by atoms with van der Waals surface area (Å²) in [7, 11) is 0. The van der Waals surface area contributed by atoms with Crippen molar-refractivity contribution in [2.45, 2.75) is 39.2 Å². The Hall–Kier alpha value is -1.16. The van der Waals surface area contributed by atoms with Gasteiger partial charge in [0.05, 0.1) is 0 Å². The van der Waals surface area contributed by atoms with Crippen LogP contribution in [-0.4, -0.2) is 40.5 Å². The van der Waals surface area contributed by atoms with E-state index in [4.69, 9.17) is 0 Å². The fraction of sp³-hybridized carbons (Fsp3) is 0.692. The Morgan fingerprint density at radius 3 is 2.53 bits per heavy atom. The zero-order valence-corrected chi connectivity index (χ0v) is 10.8. The van der Waals surface area contributed by atoms with Gasteiger partial charge in [-0.1, -0.05) is 6.42 Å². The highest BCUT2D eigenvalue weighted by Gasteiger charge is 2.16. The van der Waals surface area contributed by atoms with E-state index in [1.54, 1.807) is 0 Å². The lowest BCUT2D eigenvalue weighted by molar-refractivity contribution is 0.180. The molecule has 1 N–H and O–H groups in total. The maximum atomic E-state index is 4.25. The van der Waals surface area contributed by atoms with Crippen LogP contribution in [0, 0.1) is 6.92 Å². The van der Waals surface area contributed by atoms with Gasteiger partial charge < -0.3 is 5.32 Å². The number of likely N-dealkylation sites (tertiary alicyclic amines) is 1. The van der Waals surface area contributed by atoms with Crippen molar-refractivity contribution in [3.8, 4) is 0 Å². The highest BCUT2D eigenvalue weighted by molar-refractivity contribution is 5.24. The average Bonchev–Trinajstić information content (AvgIpc) is 2.39. The molecule has 1 unspecified atom stereocenters. The number of nitrogens with zero attached hydrogens (tertiary/aromatic N) is 3. The SMILES string of the molecule is Cc1cnc(NCC(C)N2CCCCC2)nc1. The summed E-state index contributed by atoms with van der Waals surface area (Å²) >= 11 is 0. The normalized spacial score (nSPS) is 18.9. The smallest absolute Gasteiger partial charge is 0.222 e. The molecular formula is C13H22N4. The van der Waals surface area contributed by atoms with Crippen molar-refractivity contribution in [2.24, 2.45) is 0 Å². The lowest BCUT2D eigenvalue weighted by Gasteiger charge is -2.32. The minimum absolute atomic E-state index is 0.556. The molecule has 1 aromatic rings. The van der Waals surface area contributed by atoms with Crippen molar-refractivity contribution in [2.75, 3.05) is 25.0 Å². The van der Waals surface area contributed by atoms with E-state index in [9.17, 15) is 0 Å². The fourth-order valence-electron chi connectivity index (χ4n) is 2.21. The number of anilines is 1. The van der Waals surface area contributed by atoms with Gasteiger partial charge in [0.15, 0.2) is 0 Å². The third kappa shape index (κ3) is 3.66. The first-order valence-electron chi connectivity index (χ1n) is 6.52. The Balaban J connectivity index is 1.78. The van der Waals surface area contributed by atoms with Gasteiger partial charge in [0, 0.05) is 25.0 Å². The molecule has 1 atom stereocenters. The highest BCUT2D eigenvalue weighted by atomic mass is 15.2. The summed E-state index contributed by atoms with van der Waals surface area (Å²) in [5.41, 5.74) is 1.10. The number of nitrogens with one attached hydrogen (secondary N) is 1. The number of hydrogen-bond donors (Lipinski definition) is 1. The number of hydrogen-bond acceptors (Lipinski definition) is 4. The van der Waals surface area contributed by atoms with Crippen LogP contribution in [0.3, 0.4) is 0 Å². The third-order valence-electron chi connectivity index (χ3n) is 3.35. The number of aryl methyl sites for hydroxylation is 1. The number of rotatable bonds is 4. The standard InChI is InChI=1S/C13H22N4/c1-11-8-14-13(15-9-11)16-10-12(2)17-6-4-3-5-7-17/h8-9,12H,3-7,10H2,1-2H3,(H,14,15,16). The van der Waals surface area contributed by atoms with Crippen LogP contribution < -0.4 is 5.32 Å². The first-order chi connectivity index (χ1) is 8.25. The van der Waals surface area contributed by atoms with Gasteiger partial charge >= 0.3 is 0 Å². The molecule has 4 heteroatoms. The predicted molar refractivity (Wildman–Crippen MR) is 70.1 cm³/mol. The van der Waals surface area contributed by atoms with Crippen molar-refractivity contribution < 1.29 is 0 Å². The monoisotopic (exact) mass is 234 g/mol. The zero-order valence-electron chi connectivity index (χ0n) is 10.8. The first-order valence-corrected chi connectivity index (χ1v) is 6.52. The van der Waals surface area contributed by atoms with Gasteiger partial charge in [0.25, 0.3) is 0 Å². The van der Waals surface area contributed by atoms with Crippen LogP contribution in [0.5, 0.6) is 0 Å². The second-order valence-electron chi connectivity index (χ2n) is 4.91. The van der Waals surface area contributed by atoms with Crippen molar-refractivity contribution >= 4 is 5.95 Å². The van der Waals surface area contributed by atoms with Crippen LogP contribution >= 0.6 is 0 Å². The summed E-state index contributed by atoms with van der Waals surface area (Å²) in [5.74, 6) is 0.736. The van der Waals surface area contributed by atoms with Gasteiger partial charge in [-0.05, 0) is 45.3 Å². The fourth-order valence-corrected chi connectivity index (χ4v) is 2.21. The molecule has 0 radical (unpaired) electrons. The number of aromatic nitrogens is 2. The molecule has 1 saturated heterocycles. The van der Waals surface area contributed by atoms with Crippen molar-refractivity contribution in [1.29, 1.82) is 0 Å². The summed E-state index contributed by atoms with van der Waals surface area (Å²) in [6.45, 7) is 7.66. The van der Waals surface area contributed by atoms with Crippen molar-refractivity contribution in [3.05, 3.63) is 18.0 Å².